The molecule has 0 heterocycles. The molecule has 1 aliphatic rings. The monoisotopic (exact) mass is 363 g/mol. The lowest BCUT2D eigenvalue weighted by Gasteiger charge is -2.38. The average molecular weight is 365 g/mol. The summed E-state index contributed by atoms with van der Waals surface area (Å²) in [6, 6.07) is 2.29. The quantitative estimate of drug-likeness (QED) is 0.333. The number of nitrogens with one attached hydrogen (secondary N) is 1. The minimum Gasteiger partial charge on any atom is -0.409 e. The van der Waals surface area contributed by atoms with Gasteiger partial charge in [-0.05, 0) is 40.9 Å². The molecular weight excluding hydrogens is 353 g/mol. The Balaban J connectivity index is 2.29. The van der Waals surface area contributed by atoms with Crippen molar-refractivity contribution in [3.8, 4) is 0 Å². The SMILES string of the molecule is NC(=NO)C1(C(=O)Nc2c(Cl)cc(F)cc2Br)CCC1. The maximum absolute atomic E-state index is 13.1. The highest BCUT2D eigenvalue weighted by molar-refractivity contribution is 9.10. The molecule has 8 heteroatoms. The number of hydrogen-bond acceptors (Lipinski definition) is 3. The molecule has 0 unspecified atom stereocenters. The minimum absolute atomic E-state index is 0.0687. The predicted octanol–water partition coefficient (Wildman–Crippen LogP) is 3.10. The zero-order valence-corrected chi connectivity index (χ0v) is 12.6. The third-order valence-corrected chi connectivity index (χ3v) is 4.41. The van der Waals surface area contributed by atoms with Crippen LogP contribution in [-0.4, -0.2) is 17.0 Å². The van der Waals surface area contributed by atoms with Gasteiger partial charge in [-0.3, -0.25) is 4.79 Å². The van der Waals surface area contributed by atoms with Gasteiger partial charge in [0.05, 0.1) is 10.7 Å². The fourth-order valence-corrected chi connectivity index (χ4v) is 3.02. The van der Waals surface area contributed by atoms with Gasteiger partial charge in [0, 0.05) is 4.47 Å². The number of oxime groups is 1. The molecule has 0 aromatic heterocycles. The van der Waals surface area contributed by atoms with Gasteiger partial charge < -0.3 is 16.3 Å². The molecule has 1 saturated carbocycles. The van der Waals surface area contributed by atoms with Crippen LogP contribution in [0.15, 0.2) is 21.8 Å². The topological polar surface area (TPSA) is 87.7 Å². The second-order valence-corrected chi connectivity index (χ2v) is 5.88. The van der Waals surface area contributed by atoms with Crippen molar-refractivity contribution in [2.24, 2.45) is 16.3 Å². The van der Waals surface area contributed by atoms with Crippen LogP contribution in [0.4, 0.5) is 10.1 Å². The predicted molar refractivity (Wildman–Crippen MR) is 77.4 cm³/mol. The lowest BCUT2D eigenvalue weighted by atomic mass is 9.67. The Morgan fingerprint density at radius 3 is 2.65 bits per heavy atom. The van der Waals surface area contributed by atoms with Crippen molar-refractivity contribution < 1.29 is 14.4 Å². The van der Waals surface area contributed by atoms with Crippen LogP contribution in [0, 0.1) is 11.2 Å². The molecule has 0 atom stereocenters. The standard InChI is InChI=1S/C12H12BrClFN3O2/c13-7-4-6(15)5-8(14)9(7)17-11(19)12(2-1-3-12)10(16)18-20/h4-5,20H,1-3H2,(H2,16,18)(H,17,19). The molecule has 1 aromatic carbocycles. The largest absolute Gasteiger partial charge is 0.409 e. The van der Waals surface area contributed by atoms with Gasteiger partial charge in [-0.25, -0.2) is 4.39 Å². The van der Waals surface area contributed by atoms with Gasteiger partial charge in [0.2, 0.25) is 5.91 Å². The van der Waals surface area contributed by atoms with E-state index >= 15 is 0 Å². The maximum atomic E-state index is 13.1. The van der Waals surface area contributed by atoms with E-state index < -0.39 is 17.1 Å². The Kier molecular flexibility index (Phi) is 4.19. The second-order valence-electron chi connectivity index (χ2n) is 4.62. The van der Waals surface area contributed by atoms with Gasteiger partial charge in [0.25, 0.3) is 0 Å². The van der Waals surface area contributed by atoms with Gasteiger partial charge in [-0.1, -0.05) is 23.2 Å². The molecule has 1 aromatic rings. The molecule has 0 bridgehead atoms. The van der Waals surface area contributed by atoms with Crippen LogP contribution in [0.5, 0.6) is 0 Å². The summed E-state index contributed by atoms with van der Waals surface area (Å²) in [6.07, 6.45) is 1.79. The number of carbonyl (C=O) groups is 1. The highest BCUT2D eigenvalue weighted by atomic mass is 79.9. The fraction of sp³-hybridized carbons (Fsp3) is 0.333. The molecule has 0 spiro atoms. The van der Waals surface area contributed by atoms with Crippen molar-refractivity contribution >= 4 is 45.0 Å². The number of rotatable bonds is 3. The summed E-state index contributed by atoms with van der Waals surface area (Å²) in [5.74, 6) is -1.07. The number of anilines is 1. The summed E-state index contributed by atoms with van der Waals surface area (Å²) in [5.41, 5.74) is 4.84. The van der Waals surface area contributed by atoms with Crippen molar-refractivity contribution in [3.05, 3.63) is 27.4 Å². The third kappa shape index (κ3) is 2.47. The number of halogens is 3. The van der Waals surface area contributed by atoms with Crippen molar-refractivity contribution in [2.45, 2.75) is 19.3 Å². The normalized spacial score (nSPS) is 17.4. The zero-order valence-electron chi connectivity index (χ0n) is 10.3. The second kappa shape index (κ2) is 5.57. The molecule has 0 saturated heterocycles. The Labute approximate surface area is 128 Å². The first kappa shape index (κ1) is 15.1. The van der Waals surface area contributed by atoms with Crippen LogP contribution in [-0.2, 0) is 4.79 Å². The Morgan fingerprint density at radius 1 is 1.55 bits per heavy atom. The van der Waals surface area contributed by atoms with Gasteiger partial charge in [-0.2, -0.15) is 0 Å². The lowest BCUT2D eigenvalue weighted by molar-refractivity contribution is -0.125. The van der Waals surface area contributed by atoms with E-state index in [1.54, 1.807) is 0 Å². The number of amidine groups is 1. The number of nitrogens with zero attached hydrogens (tertiary/aromatic N) is 1. The van der Waals surface area contributed by atoms with Crippen LogP contribution < -0.4 is 11.1 Å². The number of benzene rings is 1. The fourth-order valence-electron chi connectivity index (χ4n) is 2.12. The Bertz CT molecular complexity index is 567. The van der Waals surface area contributed by atoms with Gasteiger partial charge in [0.1, 0.15) is 11.2 Å². The molecule has 1 aliphatic carbocycles. The summed E-state index contributed by atoms with van der Waals surface area (Å²) in [6.45, 7) is 0. The molecule has 4 N–H and O–H groups in total. The van der Waals surface area contributed by atoms with Crippen molar-refractivity contribution in [2.75, 3.05) is 5.32 Å². The van der Waals surface area contributed by atoms with Gasteiger partial charge in [0.15, 0.2) is 5.84 Å². The molecule has 0 aliphatic heterocycles. The number of amides is 1. The van der Waals surface area contributed by atoms with E-state index in [1.165, 1.54) is 6.07 Å². The molecular formula is C12H12BrClFN3O2. The smallest absolute Gasteiger partial charge is 0.238 e. The van der Waals surface area contributed by atoms with Crippen molar-refractivity contribution in [1.29, 1.82) is 0 Å². The first-order chi connectivity index (χ1) is 9.40. The molecule has 1 amide bonds. The summed E-state index contributed by atoms with van der Waals surface area (Å²) in [7, 11) is 0. The van der Waals surface area contributed by atoms with Gasteiger partial charge in [-0.15, -0.1) is 0 Å². The van der Waals surface area contributed by atoms with Crippen molar-refractivity contribution in [3.63, 3.8) is 0 Å². The van der Waals surface area contributed by atoms with E-state index in [0.717, 1.165) is 12.5 Å². The molecule has 20 heavy (non-hydrogen) atoms. The number of nitrogens with two attached hydrogens (primary N) is 1. The molecule has 1 fully saturated rings. The lowest BCUT2D eigenvalue weighted by Crippen LogP contribution is -2.51. The highest BCUT2D eigenvalue weighted by Crippen LogP contribution is 2.43. The van der Waals surface area contributed by atoms with E-state index in [-0.39, 0.29) is 16.5 Å². The van der Waals surface area contributed by atoms with Crippen LogP contribution in [0.2, 0.25) is 5.02 Å². The highest BCUT2D eigenvalue weighted by Gasteiger charge is 2.48. The maximum Gasteiger partial charge on any atom is 0.238 e. The summed E-state index contributed by atoms with van der Waals surface area (Å²) < 4.78 is 13.5. The Morgan fingerprint density at radius 2 is 2.20 bits per heavy atom. The number of hydrogen-bond donors (Lipinski definition) is 3. The first-order valence-corrected chi connectivity index (χ1v) is 7.02. The summed E-state index contributed by atoms with van der Waals surface area (Å²) in [4.78, 5) is 12.4. The van der Waals surface area contributed by atoms with E-state index in [2.05, 4.69) is 26.4 Å². The molecule has 2 rings (SSSR count). The minimum atomic E-state index is -1.02. The van der Waals surface area contributed by atoms with Crippen LogP contribution in [0.25, 0.3) is 0 Å². The van der Waals surface area contributed by atoms with Gasteiger partial charge >= 0.3 is 0 Å². The molecule has 108 valence electrons. The van der Waals surface area contributed by atoms with E-state index in [0.29, 0.717) is 17.3 Å². The van der Waals surface area contributed by atoms with Crippen LogP contribution in [0.3, 0.4) is 0 Å². The van der Waals surface area contributed by atoms with Crippen LogP contribution >= 0.6 is 27.5 Å². The summed E-state index contributed by atoms with van der Waals surface area (Å²) in [5, 5.41) is 14.4. The average Bonchev–Trinajstić information content (AvgIpc) is 2.32. The zero-order chi connectivity index (χ0) is 14.9. The molecule has 5 nitrogen and oxygen atoms in total. The van der Waals surface area contributed by atoms with E-state index in [9.17, 15) is 9.18 Å². The van der Waals surface area contributed by atoms with Crippen molar-refractivity contribution in [1.82, 2.24) is 0 Å². The van der Waals surface area contributed by atoms with E-state index in [4.69, 9.17) is 22.5 Å². The third-order valence-electron chi connectivity index (χ3n) is 3.49. The first-order valence-electron chi connectivity index (χ1n) is 5.85. The summed E-state index contributed by atoms with van der Waals surface area (Å²) >= 11 is 9.05. The van der Waals surface area contributed by atoms with E-state index in [1.807, 2.05) is 0 Å². The van der Waals surface area contributed by atoms with Crippen LogP contribution in [0.1, 0.15) is 19.3 Å². The Hall–Kier alpha value is -1.34. The molecule has 0 radical (unpaired) electrons. The number of carbonyl (C=O) groups excluding carboxylic acids is 1.